The molecule has 27 heavy (non-hydrogen) atoms. The van der Waals surface area contributed by atoms with Gasteiger partial charge in [-0.2, -0.15) is 5.10 Å². The summed E-state index contributed by atoms with van der Waals surface area (Å²) in [5.41, 5.74) is 0. The quantitative estimate of drug-likeness (QED) is 0.820. The van der Waals surface area contributed by atoms with Crippen LogP contribution in [0.15, 0.2) is 24.8 Å². The fraction of sp³-hybridized carbons (Fsp3) is 0.632. The van der Waals surface area contributed by atoms with Crippen molar-refractivity contribution in [3.63, 3.8) is 0 Å². The number of rotatable bonds is 3. The van der Waals surface area contributed by atoms with Crippen LogP contribution in [0, 0.1) is 17.8 Å². The maximum Gasteiger partial charge on any atom is 0.225 e. The molecule has 8 heteroatoms. The van der Waals surface area contributed by atoms with Crippen molar-refractivity contribution in [3.05, 3.63) is 24.8 Å². The van der Waals surface area contributed by atoms with Crippen molar-refractivity contribution in [1.29, 1.82) is 0 Å². The molecule has 0 aliphatic carbocycles. The molecule has 2 aromatic rings. The second-order valence-corrected chi connectivity index (χ2v) is 8.04. The van der Waals surface area contributed by atoms with Crippen LogP contribution in [0.2, 0.25) is 0 Å². The van der Waals surface area contributed by atoms with E-state index < -0.39 is 0 Å². The molecule has 144 valence electrons. The molecule has 4 heterocycles. The SMILES string of the molecule is CC1CC(C)CN(C(=O)C2CCN(c3ccc(-n4cncn4)nn3)CC2)C1. The number of carbonyl (C=O) groups excluding carboxylic acids is 1. The average molecular weight is 369 g/mol. The smallest absolute Gasteiger partial charge is 0.225 e. The number of likely N-dealkylation sites (tertiary alicyclic amines) is 1. The summed E-state index contributed by atoms with van der Waals surface area (Å²) in [5.74, 6) is 3.20. The predicted octanol–water partition coefficient (Wildman–Crippen LogP) is 1.78. The molecular weight excluding hydrogens is 342 g/mol. The fourth-order valence-corrected chi connectivity index (χ4v) is 4.39. The summed E-state index contributed by atoms with van der Waals surface area (Å²) in [5, 5.41) is 12.6. The van der Waals surface area contributed by atoms with Gasteiger partial charge in [-0.25, -0.2) is 9.67 Å². The van der Waals surface area contributed by atoms with Gasteiger partial charge in [-0.05, 0) is 43.2 Å². The third-order valence-corrected chi connectivity index (χ3v) is 5.64. The van der Waals surface area contributed by atoms with Gasteiger partial charge in [-0.15, -0.1) is 10.2 Å². The Morgan fingerprint density at radius 1 is 1.04 bits per heavy atom. The zero-order valence-corrected chi connectivity index (χ0v) is 16.0. The lowest BCUT2D eigenvalue weighted by atomic mass is 9.89. The van der Waals surface area contributed by atoms with E-state index in [1.165, 1.54) is 12.7 Å². The molecule has 4 rings (SSSR count). The van der Waals surface area contributed by atoms with Gasteiger partial charge < -0.3 is 9.80 Å². The zero-order valence-electron chi connectivity index (χ0n) is 16.0. The van der Waals surface area contributed by atoms with Crippen molar-refractivity contribution in [1.82, 2.24) is 29.9 Å². The highest BCUT2D eigenvalue weighted by atomic mass is 16.2. The first-order valence-electron chi connectivity index (χ1n) is 9.82. The summed E-state index contributed by atoms with van der Waals surface area (Å²) < 4.78 is 1.59. The minimum absolute atomic E-state index is 0.140. The molecule has 0 saturated carbocycles. The van der Waals surface area contributed by atoms with Gasteiger partial charge in [0.1, 0.15) is 12.7 Å². The molecule has 2 aliphatic heterocycles. The molecule has 2 unspecified atom stereocenters. The average Bonchev–Trinajstić information content (AvgIpc) is 3.22. The lowest BCUT2D eigenvalue weighted by Gasteiger charge is -2.39. The Balaban J connectivity index is 1.34. The van der Waals surface area contributed by atoms with E-state index in [4.69, 9.17) is 0 Å². The summed E-state index contributed by atoms with van der Waals surface area (Å²) in [6.45, 7) is 8.01. The van der Waals surface area contributed by atoms with E-state index in [1.807, 2.05) is 12.1 Å². The summed E-state index contributed by atoms with van der Waals surface area (Å²) >= 11 is 0. The van der Waals surface area contributed by atoms with Crippen molar-refractivity contribution >= 4 is 11.7 Å². The largest absolute Gasteiger partial charge is 0.355 e. The van der Waals surface area contributed by atoms with E-state index in [2.05, 4.69) is 43.9 Å². The Morgan fingerprint density at radius 3 is 2.30 bits per heavy atom. The maximum absolute atomic E-state index is 12.9. The Hall–Kier alpha value is -2.51. The van der Waals surface area contributed by atoms with Crippen molar-refractivity contribution in [2.45, 2.75) is 33.1 Å². The Labute approximate surface area is 159 Å². The number of aromatic nitrogens is 5. The van der Waals surface area contributed by atoms with Gasteiger partial charge in [0.15, 0.2) is 11.6 Å². The van der Waals surface area contributed by atoms with Crippen LogP contribution in [0.4, 0.5) is 5.82 Å². The minimum atomic E-state index is 0.140. The monoisotopic (exact) mass is 369 g/mol. The molecule has 2 fully saturated rings. The van der Waals surface area contributed by atoms with E-state index in [0.29, 0.717) is 23.6 Å². The van der Waals surface area contributed by atoms with Gasteiger partial charge in [0, 0.05) is 32.1 Å². The van der Waals surface area contributed by atoms with Crippen molar-refractivity contribution < 1.29 is 4.79 Å². The predicted molar refractivity (Wildman–Crippen MR) is 101 cm³/mol. The standard InChI is InChI=1S/C19H27N7O/c1-14-9-15(2)11-25(10-14)19(27)16-5-7-24(8-6-16)17-3-4-18(23-22-17)26-13-20-12-21-26/h3-4,12-16H,5-11H2,1-2H3. The van der Waals surface area contributed by atoms with Crippen LogP contribution in [0.25, 0.3) is 5.82 Å². The molecule has 0 bridgehead atoms. The molecule has 1 amide bonds. The fourth-order valence-electron chi connectivity index (χ4n) is 4.39. The number of amides is 1. The summed E-state index contributed by atoms with van der Waals surface area (Å²) in [6.07, 6.45) is 6.06. The highest BCUT2D eigenvalue weighted by Crippen LogP contribution is 2.27. The van der Waals surface area contributed by atoms with Crippen molar-refractivity contribution in [2.75, 3.05) is 31.1 Å². The van der Waals surface area contributed by atoms with Gasteiger partial charge in [0.05, 0.1) is 0 Å². The van der Waals surface area contributed by atoms with Gasteiger partial charge >= 0.3 is 0 Å². The van der Waals surface area contributed by atoms with Crippen LogP contribution in [0.3, 0.4) is 0 Å². The summed E-state index contributed by atoms with van der Waals surface area (Å²) in [6, 6.07) is 3.85. The van der Waals surface area contributed by atoms with Gasteiger partial charge in [0.2, 0.25) is 5.91 Å². The van der Waals surface area contributed by atoms with E-state index in [-0.39, 0.29) is 5.92 Å². The highest BCUT2D eigenvalue weighted by molar-refractivity contribution is 5.79. The molecule has 8 nitrogen and oxygen atoms in total. The first-order chi connectivity index (χ1) is 13.1. The number of hydrogen-bond acceptors (Lipinski definition) is 6. The lowest BCUT2D eigenvalue weighted by Crippen LogP contribution is -2.48. The minimum Gasteiger partial charge on any atom is -0.355 e. The molecule has 2 atom stereocenters. The molecule has 0 N–H and O–H groups in total. The van der Waals surface area contributed by atoms with Crippen LogP contribution in [-0.4, -0.2) is 61.9 Å². The molecule has 0 radical (unpaired) electrons. The molecular formula is C19H27N7O. The Bertz CT molecular complexity index is 743. The third kappa shape index (κ3) is 3.94. The number of anilines is 1. The number of nitrogens with zero attached hydrogens (tertiary/aromatic N) is 7. The topological polar surface area (TPSA) is 80.0 Å². The van der Waals surface area contributed by atoms with Crippen LogP contribution in [-0.2, 0) is 4.79 Å². The normalized spacial score (nSPS) is 24.2. The second-order valence-electron chi connectivity index (χ2n) is 8.04. The third-order valence-electron chi connectivity index (χ3n) is 5.64. The molecule has 0 aromatic carbocycles. The first-order valence-corrected chi connectivity index (χ1v) is 9.82. The van der Waals surface area contributed by atoms with E-state index in [0.717, 1.165) is 44.8 Å². The van der Waals surface area contributed by atoms with E-state index >= 15 is 0 Å². The number of hydrogen-bond donors (Lipinski definition) is 0. The van der Waals surface area contributed by atoms with E-state index in [9.17, 15) is 4.79 Å². The molecule has 2 aromatic heterocycles. The molecule has 2 saturated heterocycles. The highest BCUT2D eigenvalue weighted by Gasteiger charge is 2.32. The summed E-state index contributed by atoms with van der Waals surface area (Å²) in [7, 11) is 0. The molecule has 0 spiro atoms. The second kappa shape index (κ2) is 7.62. The Kier molecular flexibility index (Phi) is 5.05. The van der Waals surface area contributed by atoms with Crippen molar-refractivity contribution in [3.8, 4) is 5.82 Å². The van der Waals surface area contributed by atoms with Gasteiger partial charge in [0.25, 0.3) is 0 Å². The van der Waals surface area contributed by atoms with Gasteiger partial charge in [-0.3, -0.25) is 4.79 Å². The number of piperidine rings is 2. The first kappa shape index (κ1) is 17.9. The lowest BCUT2D eigenvalue weighted by molar-refractivity contribution is -0.138. The van der Waals surface area contributed by atoms with Gasteiger partial charge in [-0.1, -0.05) is 13.8 Å². The van der Waals surface area contributed by atoms with Crippen LogP contribution in [0.1, 0.15) is 33.1 Å². The van der Waals surface area contributed by atoms with Crippen LogP contribution < -0.4 is 4.90 Å². The Morgan fingerprint density at radius 2 is 1.70 bits per heavy atom. The summed E-state index contributed by atoms with van der Waals surface area (Å²) in [4.78, 5) is 21.2. The van der Waals surface area contributed by atoms with E-state index in [1.54, 1.807) is 11.0 Å². The van der Waals surface area contributed by atoms with Crippen LogP contribution in [0.5, 0.6) is 0 Å². The zero-order chi connectivity index (χ0) is 18.8. The number of carbonyl (C=O) groups is 1. The maximum atomic E-state index is 12.9. The van der Waals surface area contributed by atoms with Crippen LogP contribution >= 0.6 is 0 Å². The molecule has 2 aliphatic rings. The van der Waals surface area contributed by atoms with Crippen molar-refractivity contribution in [2.24, 2.45) is 17.8 Å².